The van der Waals surface area contributed by atoms with E-state index >= 15 is 0 Å². The summed E-state index contributed by atoms with van der Waals surface area (Å²) in [5.41, 5.74) is 4.38. The second-order valence-electron chi connectivity index (χ2n) is 8.97. The van der Waals surface area contributed by atoms with Crippen molar-refractivity contribution in [1.29, 1.82) is 0 Å². The average Bonchev–Trinajstić information content (AvgIpc) is 2.67. The van der Waals surface area contributed by atoms with E-state index < -0.39 is 5.54 Å². The van der Waals surface area contributed by atoms with Gasteiger partial charge in [0.25, 0.3) is 5.91 Å². The highest BCUT2D eigenvalue weighted by Gasteiger charge is 2.48. The van der Waals surface area contributed by atoms with Gasteiger partial charge in [0, 0.05) is 21.7 Å². The van der Waals surface area contributed by atoms with Gasteiger partial charge in [-0.3, -0.25) is 4.79 Å². The third kappa shape index (κ3) is 3.42. The number of aryl methyl sites for hydroxylation is 1. The second-order valence-corrected chi connectivity index (χ2v) is 9.81. The predicted molar refractivity (Wildman–Crippen MR) is 126 cm³/mol. The number of carbonyl (C=O) groups excluding carboxylic acids is 1. The van der Waals surface area contributed by atoms with Gasteiger partial charge >= 0.3 is 0 Å². The van der Waals surface area contributed by atoms with Crippen LogP contribution in [0.5, 0.6) is 0 Å². The molecule has 0 bridgehead atoms. The standard InChI is InChI=1S/C26H25Cl2NO/c1-17-9-11-18(12-10-17)26(4)16-25(2,3)29(23-8-6-5-7-21(23)26)24(30)20-14-13-19(27)15-22(20)28/h5-15H,16H2,1-4H3/t26-/m0/s1. The average molecular weight is 438 g/mol. The van der Waals surface area contributed by atoms with Crippen LogP contribution in [0.2, 0.25) is 10.0 Å². The summed E-state index contributed by atoms with van der Waals surface area (Å²) in [7, 11) is 0. The summed E-state index contributed by atoms with van der Waals surface area (Å²) in [5, 5.41) is 0.884. The molecular formula is C26H25Cl2NO. The number of carbonyl (C=O) groups is 1. The molecule has 1 aliphatic heterocycles. The van der Waals surface area contributed by atoms with Crippen LogP contribution in [0.15, 0.2) is 66.7 Å². The van der Waals surface area contributed by atoms with Crippen LogP contribution >= 0.6 is 23.2 Å². The Kier molecular flexibility index (Phi) is 5.20. The first kappa shape index (κ1) is 21.0. The van der Waals surface area contributed by atoms with Gasteiger partial charge in [-0.25, -0.2) is 0 Å². The lowest BCUT2D eigenvalue weighted by molar-refractivity contribution is 0.0949. The first-order valence-electron chi connectivity index (χ1n) is 10.1. The number of halogens is 2. The van der Waals surface area contributed by atoms with Crippen LogP contribution in [0.4, 0.5) is 5.69 Å². The summed E-state index contributed by atoms with van der Waals surface area (Å²) in [6.07, 6.45) is 0.789. The zero-order chi connectivity index (χ0) is 21.7. The lowest BCUT2D eigenvalue weighted by Gasteiger charge is -2.51. The maximum absolute atomic E-state index is 13.7. The van der Waals surface area contributed by atoms with Crippen molar-refractivity contribution in [2.45, 2.75) is 45.1 Å². The van der Waals surface area contributed by atoms with E-state index in [0.29, 0.717) is 15.6 Å². The predicted octanol–water partition coefficient (Wildman–Crippen LogP) is 7.44. The van der Waals surface area contributed by atoms with Gasteiger partial charge in [0.15, 0.2) is 0 Å². The third-order valence-corrected chi connectivity index (χ3v) is 6.73. The number of hydrogen-bond acceptors (Lipinski definition) is 1. The summed E-state index contributed by atoms with van der Waals surface area (Å²) in [6, 6.07) is 21.9. The van der Waals surface area contributed by atoms with Gasteiger partial charge in [0.2, 0.25) is 0 Å². The van der Waals surface area contributed by atoms with Crippen molar-refractivity contribution < 1.29 is 4.79 Å². The monoisotopic (exact) mass is 437 g/mol. The summed E-state index contributed by atoms with van der Waals surface area (Å²) >= 11 is 12.5. The van der Waals surface area contributed by atoms with Gasteiger partial charge < -0.3 is 4.90 Å². The SMILES string of the molecule is Cc1ccc([C@]2(C)CC(C)(C)N(C(=O)c3ccc(Cl)cc3Cl)c3ccccc32)cc1. The van der Waals surface area contributed by atoms with Crippen LogP contribution in [0.3, 0.4) is 0 Å². The molecule has 30 heavy (non-hydrogen) atoms. The molecule has 0 spiro atoms. The molecule has 0 saturated heterocycles. The quantitative estimate of drug-likeness (QED) is 0.407. The molecule has 1 aliphatic rings. The van der Waals surface area contributed by atoms with Crippen LogP contribution in [0.25, 0.3) is 0 Å². The molecule has 3 aromatic carbocycles. The summed E-state index contributed by atoms with van der Waals surface area (Å²) in [6.45, 7) is 8.62. The molecule has 0 radical (unpaired) electrons. The zero-order valence-corrected chi connectivity index (χ0v) is 19.2. The fourth-order valence-electron chi connectivity index (χ4n) is 4.85. The fourth-order valence-corrected chi connectivity index (χ4v) is 5.34. The molecule has 4 heteroatoms. The molecule has 0 N–H and O–H groups in total. The van der Waals surface area contributed by atoms with Gasteiger partial charge in [-0.2, -0.15) is 0 Å². The summed E-state index contributed by atoms with van der Waals surface area (Å²) in [4.78, 5) is 15.6. The number of nitrogens with zero attached hydrogens (tertiary/aromatic N) is 1. The number of rotatable bonds is 2. The Morgan fingerprint density at radius 3 is 2.27 bits per heavy atom. The molecule has 4 rings (SSSR count). The van der Waals surface area contributed by atoms with E-state index in [1.165, 1.54) is 11.1 Å². The van der Waals surface area contributed by atoms with E-state index in [4.69, 9.17) is 23.2 Å². The van der Waals surface area contributed by atoms with Crippen LogP contribution in [0.1, 0.15) is 54.2 Å². The maximum Gasteiger partial charge on any atom is 0.260 e. The number of amides is 1. The lowest BCUT2D eigenvalue weighted by Crippen LogP contribution is -2.55. The van der Waals surface area contributed by atoms with Crippen LogP contribution in [-0.2, 0) is 5.41 Å². The minimum absolute atomic E-state index is 0.111. The van der Waals surface area contributed by atoms with Gasteiger partial charge in [-0.15, -0.1) is 0 Å². The minimum Gasteiger partial charge on any atom is -0.302 e. The van der Waals surface area contributed by atoms with Crippen molar-refractivity contribution in [1.82, 2.24) is 0 Å². The minimum atomic E-state index is -0.423. The first-order chi connectivity index (χ1) is 14.1. The Bertz CT molecular complexity index is 1120. The highest BCUT2D eigenvalue weighted by Crippen LogP contribution is 2.50. The van der Waals surface area contributed by atoms with Crippen LogP contribution < -0.4 is 4.90 Å². The van der Waals surface area contributed by atoms with Gasteiger partial charge in [0.05, 0.1) is 10.6 Å². The van der Waals surface area contributed by atoms with Gasteiger partial charge in [0.1, 0.15) is 0 Å². The summed E-state index contributed by atoms with van der Waals surface area (Å²) < 4.78 is 0. The van der Waals surface area contributed by atoms with Crippen LogP contribution in [0, 0.1) is 6.92 Å². The van der Waals surface area contributed by atoms with Crippen molar-refractivity contribution in [3.05, 3.63) is 99.0 Å². The molecule has 0 aromatic heterocycles. The highest BCUT2D eigenvalue weighted by molar-refractivity contribution is 6.37. The molecule has 0 saturated carbocycles. The summed E-state index contributed by atoms with van der Waals surface area (Å²) in [5.74, 6) is -0.111. The van der Waals surface area contributed by atoms with Crippen molar-refractivity contribution in [2.75, 3.05) is 4.90 Å². The number of hydrogen-bond donors (Lipinski definition) is 0. The molecule has 0 aliphatic carbocycles. The molecule has 1 atom stereocenters. The molecule has 1 amide bonds. The second kappa shape index (κ2) is 7.44. The highest BCUT2D eigenvalue weighted by atomic mass is 35.5. The number of para-hydroxylation sites is 1. The lowest BCUT2D eigenvalue weighted by atomic mass is 9.65. The van der Waals surface area contributed by atoms with Crippen molar-refractivity contribution in [2.24, 2.45) is 0 Å². The molecule has 154 valence electrons. The van der Waals surface area contributed by atoms with Crippen molar-refractivity contribution >= 4 is 34.8 Å². The Morgan fingerprint density at radius 2 is 1.60 bits per heavy atom. The molecular weight excluding hydrogens is 413 g/mol. The Morgan fingerprint density at radius 1 is 0.933 bits per heavy atom. The van der Waals surface area contributed by atoms with E-state index in [2.05, 4.69) is 58.0 Å². The van der Waals surface area contributed by atoms with Gasteiger partial charge in [-0.05, 0) is 62.6 Å². The maximum atomic E-state index is 13.7. The van der Waals surface area contributed by atoms with E-state index in [9.17, 15) is 4.79 Å². The topological polar surface area (TPSA) is 20.3 Å². The molecule has 3 aromatic rings. The zero-order valence-electron chi connectivity index (χ0n) is 17.7. The van der Waals surface area contributed by atoms with Crippen molar-refractivity contribution in [3.63, 3.8) is 0 Å². The van der Waals surface area contributed by atoms with Gasteiger partial charge in [-0.1, -0.05) is 78.2 Å². The largest absolute Gasteiger partial charge is 0.302 e. The molecule has 0 fully saturated rings. The molecule has 1 heterocycles. The number of anilines is 1. The molecule has 0 unspecified atom stereocenters. The number of benzene rings is 3. The van der Waals surface area contributed by atoms with E-state index in [1.807, 2.05) is 23.1 Å². The van der Waals surface area contributed by atoms with E-state index in [1.54, 1.807) is 18.2 Å². The Hall–Kier alpha value is -2.29. The van der Waals surface area contributed by atoms with Crippen molar-refractivity contribution in [3.8, 4) is 0 Å². The smallest absolute Gasteiger partial charge is 0.260 e. The first-order valence-corrected chi connectivity index (χ1v) is 10.9. The Balaban J connectivity index is 1.89. The van der Waals surface area contributed by atoms with E-state index in [-0.39, 0.29) is 11.3 Å². The van der Waals surface area contributed by atoms with E-state index in [0.717, 1.165) is 17.7 Å². The molecule has 2 nitrogen and oxygen atoms in total. The van der Waals surface area contributed by atoms with Crippen LogP contribution in [-0.4, -0.2) is 11.4 Å². The third-order valence-electron chi connectivity index (χ3n) is 6.18. The fraction of sp³-hybridized carbons (Fsp3) is 0.269. The normalized spacial score (nSPS) is 20.0. The number of fused-ring (bicyclic) bond motifs is 1. The Labute approximate surface area is 188 Å².